The fraction of sp³-hybridized carbons (Fsp3) is 0.429. The van der Waals surface area contributed by atoms with E-state index < -0.39 is 0 Å². The van der Waals surface area contributed by atoms with Gasteiger partial charge in [0.05, 0.1) is 18.8 Å². The molecule has 5 nitrogen and oxygen atoms in total. The normalized spacial score (nSPS) is 14.8. The van der Waals surface area contributed by atoms with E-state index in [1.54, 1.807) is 0 Å². The Morgan fingerprint density at radius 3 is 2.62 bits per heavy atom. The lowest BCUT2D eigenvalue weighted by Gasteiger charge is -2.16. The Balaban J connectivity index is 1.71. The first kappa shape index (κ1) is 18.2. The molecule has 0 atom stereocenters. The SMILES string of the molecule is CCNC(=NCc1c(C)nn(Cc2ccccc2)c1C)NC1CC=CC1. The van der Waals surface area contributed by atoms with Crippen LogP contribution in [0.2, 0.25) is 0 Å². The van der Waals surface area contributed by atoms with Gasteiger partial charge in [0.25, 0.3) is 0 Å². The molecule has 1 aromatic heterocycles. The zero-order valence-electron chi connectivity index (χ0n) is 16.0. The van der Waals surface area contributed by atoms with Gasteiger partial charge >= 0.3 is 0 Å². The molecule has 1 aliphatic rings. The molecule has 0 saturated carbocycles. The van der Waals surface area contributed by atoms with E-state index in [4.69, 9.17) is 10.1 Å². The summed E-state index contributed by atoms with van der Waals surface area (Å²) in [5.74, 6) is 0.885. The molecule has 0 spiro atoms. The zero-order chi connectivity index (χ0) is 18.4. The van der Waals surface area contributed by atoms with Gasteiger partial charge in [0.2, 0.25) is 0 Å². The van der Waals surface area contributed by atoms with E-state index in [0.29, 0.717) is 12.6 Å². The standard InChI is InChI=1S/C21H29N5/c1-4-22-21(24-19-12-8-9-13-19)23-14-20-16(2)25-26(17(20)3)15-18-10-6-5-7-11-18/h5-11,19H,4,12-15H2,1-3H3,(H2,22,23,24). The maximum absolute atomic E-state index is 4.80. The predicted octanol–water partition coefficient (Wildman–Crippen LogP) is 3.32. The molecule has 0 aliphatic heterocycles. The molecule has 0 fully saturated rings. The topological polar surface area (TPSA) is 54.2 Å². The minimum Gasteiger partial charge on any atom is -0.357 e. The Bertz CT molecular complexity index is 765. The number of hydrogen-bond acceptors (Lipinski definition) is 2. The van der Waals surface area contributed by atoms with E-state index in [1.165, 1.54) is 16.8 Å². The van der Waals surface area contributed by atoms with Gasteiger partial charge in [-0.2, -0.15) is 5.10 Å². The minimum atomic E-state index is 0.454. The number of nitrogens with zero attached hydrogens (tertiary/aromatic N) is 3. The van der Waals surface area contributed by atoms with Crippen LogP contribution in [-0.4, -0.2) is 28.3 Å². The smallest absolute Gasteiger partial charge is 0.191 e. The van der Waals surface area contributed by atoms with E-state index in [9.17, 15) is 0 Å². The van der Waals surface area contributed by atoms with Gasteiger partial charge in [-0.05, 0) is 39.2 Å². The Hall–Kier alpha value is -2.56. The van der Waals surface area contributed by atoms with Gasteiger partial charge in [-0.3, -0.25) is 4.68 Å². The van der Waals surface area contributed by atoms with Crippen LogP contribution in [0.5, 0.6) is 0 Å². The monoisotopic (exact) mass is 351 g/mol. The molecule has 0 radical (unpaired) electrons. The molecular weight excluding hydrogens is 322 g/mol. The molecule has 3 rings (SSSR count). The van der Waals surface area contributed by atoms with Crippen LogP contribution in [0.1, 0.15) is 42.3 Å². The van der Waals surface area contributed by atoms with Crippen LogP contribution in [0.4, 0.5) is 0 Å². The second-order valence-corrected chi connectivity index (χ2v) is 6.77. The van der Waals surface area contributed by atoms with Crippen LogP contribution >= 0.6 is 0 Å². The number of aliphatic imine (C=N–C) groups is 1. The molecule has 0 amide bonds. The summed E-state index contributed by atoms with van der Waals surface area (Å²) < 4.78 is 2.08. The van der Waals surface area contributed by atoms with E-state index >= 15 is 0 Å². The largest absolute Gasteiger partial charge is 0.357 e. The maximum atomic E-state index is 4.80. The number of rotatable bonds is 6. The molecule has 1 heterocycles. The summed E-state index contributed by atoms with van der Waals surface area (Å²) in [6.07, 6.45) is 6.58. The highest BCUT2D eigenvalue weighted by molar-refractivity contribution is 5.80. The molecular formula is C21H29N5. The van der Waals surface area contributed by atoms with Gasteiger partial charge in [-0.1, -0.05) is 42.5 Å². The summed E-state index contributed by atoms with van der Waals surface area (Å²) in [6.45, 7) is 8.59. The Labute approximate surface area is 156 Å². The van der Waals surface area contributed by atoms with E-state index in [1.807, 2.05) is 6.07 Å². The third kappa shape index (κ3) is 4.54. The van der Waals surface area contributed by atoms with Crippen LogP contribution < -0.4 is 10.6 Å². The number of hydrogen-bond donors (Lipinski definition) is 2. The summed E-state index contributed by atoms with van der Waals surface area (Å²) in [7, 11) is 0. The molecule has 0 saturated heterocycles. The maximum Gasteiger partial charge on any atom is 0.191 e. The number of benzene rings is 1. The van der Waals surface area contributed by atoms with Crippen molar-refractivity contribution in [1.82, 2.24) is 20.4 Å². The van der Waals surface area contributed by atoms with E-state index in [-0.39, 0.29) is 0 Å². The van der Waals surface area contributed by atoms with Gasteiger partial charge < -0.3 is 10.6 Å². The van der Waals surface area contributed by atoms with Gasteiger partial charge in [0.15, 0.2) is 5.96 Å². The first-order valence-electron chi connectivity index (χ1n) is 9.44. The molecule has 0 unspecified atom stereocenters. The second kappa shape index (κ2) is 8.70. The van der Waals surface area contributed by atoms with Crippen molar-refractivity contribution in [3.8, 4) is 0 Å². The van der Waals surface area contributed by atoms with Gasteiger partial charge in [-0.15, -0.1) is 0 Å². The van der Waals surface area contributed by atoms with Crippen molar-refractivity contribution in [2.45, 2.75) is 52.7 Å². The number of guanidine groups is 1. The lowest BCUT2D eigenvalue weighted by molar-refractivity contribution is 0.633. The molecule has 0 bridgehead atoms. The molecule has 2 N–H and O–H groups in total. The summed E-state index contributed by atoms with van der Waals surface area (Å²) in [5, 5.41) is 11.6. The first-order chi connectivity index (χ1) is 12.7. The van der Waals surface area contributed by atoms with Crippen LogP contribution in [0.3, 0.4) is 0 Å². The van der Waals surface area contributed by atoms with Crippen LogP contribution in [-0.2, 0) is 13.1 Å². The molecule has 1 aromatic carbocycles. The number of aromatic nitrogens is 2. The van der Waals surface area contributed by atoms with E-state index in [2.05, 4.69) is 72.5 Å². The Morgan fingerprint density at radius 1 is 1.19 bits per heavy atom. The van der Waals surface area contributed by atoms with Gasteiger partial charge in [0, 0.05) is 23.8 Å². The third-order valence-electron chi connectivity index (χ3n) is 4.79. The van der Waals surface area contributed by atoms with Crippen LogP contribution in [0.25, 0.3) is 0 Å². The van der Waals surface area contributed by atoms with E-state index in [0.717, 1.165) is 37.6 Å². The van der Waals surface area contributed by atoms with Crippen molar-refractivity contribution in [2.75, 3.05) is 6.54 Å². The quantitative estimate of drug-likeness (QED) is 0.477. The van der Waals surface area contributed by atoms with Crippen molar-refractivity contribution < 1.29 is 0 Å². The predicted molar refractivity (Wildman–Crippen MR) is 107 cm³/mol. The summed E-state index contributed by atoms with van der Waals surface area (Å²) in [6, 6.07) is 10.9. The highest BCUT2D eigenvalue weighted by atomic mass is 15.3. The van der Waals surface area contributed by atoms with Gasteiger partial charge in [-0.25, -0.2) is 4.99 Å². The summed E-state index contributed by atoms with van der Waals surface area (Å²) in [5.41, 5.74) is 4.72. The van der Waals surface area contributed by atoms with Crippen molar-refractivity contribution in [2.24, 2.45) is 4.99 Å². The number of aryl methyl sites for hydroxylation is 1. The minimum absolute atomic E-state index is 0.454. The second-order valence-electron chi connectivity index (χ2n) is 6.77. The van der Waals surface area contributed by atoms with Crippen LogP contribution in [0, 0.1) is 13.8 Å². The van der Waals surface area contributed by atoms with Crippen molar-refractivity contribution in [3.05, 3.63) is 65.0 Å². The van der Waals surface area contributed by atoms with Crippen LogP contribution in [0.15, 0.2) is 47.5 Å². The Morgan fingerprint density at radius 2 is 1.92 bits per heavy atom. The molecule has 26 heavy (non-hydrogen) atoms. The fourth-order valence-corrected chi connectivity index (χ4v) is 3.28. The summed E-state index contributed by atoms with van der Waals surface area (Å²) in [4.78, 5) is 4.80. The average Bonchev–Trinajstić information content (AvgIpc) is 3.23. The van der Waals surface area contributed by atoms with Crippen molar-refractivity contribution >= 4 is 5.96 Å². The molecule has 1 aliphatic carbocycles. The average molecular weight is 351 g/mol. The third-order valence-corrected chi connectivity index (χ3v) is 4.79. The fourth-order valence-electron chi connectivity index (χ4n) is 3.28. The Kier molecular flexibility index (Phi) is 6.10. The van der Waals surface area contributed by atoms with Crippen molar-refractivity contribution in [3.63, 3.8) is 0 Å². The molecule has 138 valence electrons. The highest BCUT2D eigenvalue weighted by Crippen LogP contribution is 2.16. The molecule has 2 aromatic rings. The van der Waals surface area contributed by atoms with Gasteiger partial charge in [0.1, 0.15) is 0 Å². The number of nitrogens with one attached hydrogen (secondary N) is 2. The summed E-state index contributed by atoms with van der Waals surface area (Å²) >= 11 is 0. The first-order valence-corrected chi connectivity index (χ1v) is 9.44. The zero-order valence-corrected chi connectivity index (χ0v) is 16.0. The highest BCUT2D eigenvalue weighted by Gasteiger charge is 2.14. The van der Waals surface area contributed by atoms with Crippen molar-refractivity contribution in [1.29, 1.82) is 0 Å². The molecule has 5 heteroatoms. The lowest BCUT2D eigenvalue weighted by atomic mass is 10.2. The lowest BCUT2D eigenvalue weighted by Crippen LogP contribution is -2.42.